The third-order valence-electron chi connectivity index (χ3n) is 4.24. The van der Waals surface area contributed by atoms with E-state index in [0.29, 0.717) is 6.61 Å². The predicted octanol–water partition coefficient (Wildman–Crippen LogP) is 3.19. The van der Waals surface area contributed by atoms with E-state index < -0.39 is 52.6 Å². The van der Waals surface area contributed by atoms with Crippen molar-refractivity contribution < 1.29 is 54.6 Å². The Morgan fingerprint density at radius 2 is 2.00 bits per heavy atom. The molecule has 1 N–H and O–H groups in total. The monoisotopic (exact) mass is 486 g/mol. The van der Waals surface area contributed by atoms with Gasteiger partial charge in [-0.25, -0.2) is 4.79 Å². The first-order valence-electron chi connectivity index (χ1n) is 9.76. The smallest absolute Gasteiger partial charge is 0.461 e. The lowest BCUT2D eigenvalue weighted by atomic mass is 10.2. The maximum Gasteiger partial charge on any atom is 0.573 e. The van der Waals surface area contributed by atoms with Crippen molar-refractivity contribution in [2.45, 2.75) is 45.4 Å². The molecule has 13 heteroatoms. The van der Waals surface area contributed by atoms with Crippen molar-refractivity contribution in [3.05, 3.63) is 23.8 Å². The van der Waals surface area contributed by atoms with Crippen LogP contribution < -0.4 is 9.47 Å². The summed E-state index contributed by atoms with van der Waals surface area (Å²) in [5.41, 5.74) is -0.216. The van der Waals surface area contributed by atoms with E-state index in [1.54, 1.807) is 13.8 Å². The molecule has 1 aliphatic rings. The van der Waals surface area contributed by atoms with E-state index in [2.05, 4.69) is 4.74 Å². The summed E-state index contributed by atoms with van der Waals surface area (Å²) in [7, 11) is -4.35. The maximum atomic E-state index is 12.8. The van der Waals surface area contributed by atoms with Crippen LogP contribution in [-0.2, 0) is 24.3 Å². The Labute approximate surface area is 183 Å². The minimum atomic E-state index is -5.01. The van der Waals surface area contributed by atoms with E-state index in [1.165, 1.54) is 0 Å². The van der Waals surface area contributed by atoms with Crippen molar-refractivity contribution in [3.8, 4) is 11.5 Å². The van der Waals surface area contributed by atoms with Crippen LogP contribution in [0.1, 0.15) is 37.0 Å². The average Bonchev–Trinajstić information content (AvgIpc) is 3.17. The Bertz CT molecular complexity index is 865. The Morgan fingerprint density at radius 1 is 1.28 bits per heavy atom. The van der Waals surface area contributed by atoms with Gasteiger partial charge in [0.2, 0.25) is 6.29 Å². The zero-order chi connectivity index (χ0) is 23.9. The highest BCUT2D eigenvalue weighted by molar-refractivity contribution is 7.85. The molecular formula is C19H25F3O9S. The van der Waals surface area contributed by atoms with Gasteiger partial charge < -0.3 is 23.7 Å². The predicted molar refractivity (Wildman–Crippen MR) is 104 cm³/mol. The molecule has 0 aliphatic carbocycles. The maximum absolute atomic E-state index is 12.8. The molecule has 0 spiro atoms. The number of alkyl halides is 3. The molecule has 9 nitrogen and oxygen atoms in total. The molecule has 1 saturated heterocycles. The van der Waals surface area contributed by atoms with Gasteiger partial charge >= 0.3 is 12.3 Å². The third kappa shape index (κ3) is 9.18. The van der Waals surface area contributed by atoms with Crippen molar-refractivity contribution in [1.82, 2.24) is 0 Å². The molecule has 2 unspecified atom stereocenters. The topological polar surface area (TPSA) is 118 Å². The third-order valence-corrected chi connectivity index (χ3v) is 4.92. The first-order chi connectivity index (χ1) is 14.8. The molecular weight excluding hydrogens is 461 g/mol. The summed E-state index contributed by atoms with van der Waals surface area (Å²) in [5.74, 6) is -3.25. The summed E-state index contributed by atoms with van der Waals surface area (Å²) < 4.78 is 94.0. The van der Waals surface area contributed by atoms with Gasteiger partial charge in [0.1, 0.15) is 12.4 Å². The Morgan fingerprint density at radius 3 is 2.56 bits per heavy atom. The lowest BCUT2D eigenvalue weighted by molar-refractivity contribution is -0.275. The quantitative estimate of drug-likeness (QED) is 0.286. The highest BCUT2D eigenvalue weighted by atomic mass is 32.2. The van der Waals surface area contributed by atoms with Gasteiger partial charge in [0.25, 0.3) is 10.1 Å². The van der Waals surface area contributed by atoms with Crippen molar-refractivity contribution in [1.29, 1.82) is 0 Å². The fourth-order valence-corrected chi connectivity index (χ4v) is 3.02. The first kappa shape index (κ1) is 26.2. The van der Waals surface area contributed by atoms with Crippen LogP contribution in [-0.4, -0.2) is 63.3 Å². The van der Waals surface area contributed by atoms with Gasteiger partial charge in [-0.1, -0.05) is 13.8 Å². The van der Waals surface area contributed by atoms with Gasteiger partial charge in [-0.15, -0.1) is 13.2 Å². The van der Waals surface area contributed by atoms with Crippen LogP contribution in [0.25, 0.3) is 0 Å². The molecule has 1 aliphatic heterocycles. The van der Waals surface area contributed by atoms with E-state index in [4.69, 9.17) is 23.5 Å². The normalized spacial score (nSPS) is 17.9. The lowest BCUT2D eigenvalue weighted by Crippen LogP contribution is -2.31. The number of hydrogen-bond donors (Lipinski definition) is 1. The molecule has 1 fully saturated rings. The second-order valence-electron chi connectivity index (χ2n) is 7.33. The van der Waals surface area contributed by atoms with E-state index in [1.807, 2.05) is 0 Å². The summed E-state index contributed by atoms with van der Waals surface area (Å²) in [5, 5.41) is 0. The molecule has 2 rings (SSSR count). The summed E-state index contributed by atoms with van der Waals surface area (Å²) >= 11 is 0. The van der Waals surface area contributed by atoms with Crippen LogP contribution in [0, 0.1) is 5.92 Å². The van der Waals surface area contributed by atoms with E-state index >= 15 is 0 Å². The van der Waals surface area contributed by atoms with Gasteiger partial charge in [0.15, 0.2) is 11.5 Å². The van der Waals surface area contributed by atoms with Gasteiger partial charge in [-0.05, 0) is 31.0 Å². The fourth-order valence-electron chi connectivity index (χ4n) is 2.72. The average molecular weight is 486 g/mol. The van der Waals surface area contributed by atoms with Crippen LogP contribution >= 0.6 is 0 Å². The molecule has 32 heavy (non-hydrogen) atoms. The molecule has 0 amide bonds. The molecule has 0 aromatic heterocycles. The first-order valence-corrected chi connectivity index (χ1v) is 11.4. The van der Waals surface area contributed by atoms with E-state index in [9.17, 15) is 26.4 Å². The minimum absolute atomic E-state index is 0.144. The highest BCUT2D eigenvalue weighted by Crippen LogP contribution is 2.35. The van der Waals surface area contributed by atoms with Crippen molar-refractivity contribution >= 4 is 16.1 Å². The molecule has 1 heterocycles. The van der Waals surface area contributed by atoms with Crippen LogP contribution in [0.2, 0.25) is 0 Å². The standard InChI is InChI=1S/C19H25F3O9S/c1-12(2)18(29-11-14-4-3-7-27-14)30-16-10-13(5-6-15(16)31-19(20,21)22)17(23)28-8-9-32(24,25)26/h5-6,10,12,14,18H,3-4,7-9,11H2,1-2H3,(H,24,25,26). The van der Waals surface area contributed by atoms with E-state index in [-0.39, 0.29) is 24.2 Å². The van der Waals surface area contributed by atoms with Gasteiger partial charge in [0.05, 0.1) is 18.3 Å². The summed E-state index contributed by atoms with van der Waals surface area (Å²) in [6.45, 7) is 3.60. The molecule has 0 bridgehead atoms. The summed E-state index contributed by atoms with van der Waals surface area (Å²) in [4.78, 5) is 12.1. The van der Waals surface area contributed by atoms with Crippen molar-refractivity contribution in [2.24, 2.45) is 5.92 Å². The molecule has 0 radical (unpaired) electrons. The Kier molecular flexibility index (Phi) is 9.13. The lowest BCUT2D eigenvalue weighted by Gasteiger charge is -2.25. The van der Waals surface area contributed by atoms with Gasteiger partial charge in [0, 0.05) is 12.5 Å². The van der Waals surface area contributed by atoms with Crippen molar-refractivity contribution in [3.63, 3.8) is 0 Å². The zero-order valence-corrected chi connectivity index (χ0v) is 18.3. The number of hydrogen-bond acceptors (Lipinski definition) is 8. The number of ether oxygens (including phenoxy) is 5. The summed E-state index contributed by atoms with van der Waals surface area (Å²) in [6, 6.07) is 2.85. The van der Waals surface area contributed by atoms with Crippen LogP contribution in [0.3, 0.4) is 0 Å². The van der Waals surface area contributed by atoms with Crippen LogP contribution in [0.5, 0.6) is 11.5 Å². The molecule has 0 saturated carbocycles. The van der Waals surface area contributed by atoms with Gasteiger partial charge in [-0.3, -0.25) is 4.55 Å². The van der Waals surface area contributed by atoms with Crippen LogP contribution in [0.15, 0.2) is 18.2 Å². The second kappa shape index (κ2) is 11.2. The SMILES string of the molecule is CC(C)C(OCC1CCCO1)Oc1cc(C(=O)OCCS(=O)(=O)O)ccc1OC(F)(F)F. The van der Waals surface area contributed by atoms with Crippen molar-refractivity contribution in [2.75, 3.05) is 25.6 Å². The summed E-state index contributed by atoms with van der Waals surface area (Å²) in [6.07, 6.45) is -4.46. The second-order valence-corrected chi connectivity index (χ2v) is 8.90. The van der Waals surface area contributed by atoms with Gasteiger partial charge in [-0.2, -0.15) is 8.42 Å². The number of benzene rings is 1. The number of carbonyl (C=O) groups excluding carboxylic acids is 1. The fraction of sp³-hybridized carbons (Fsp3) is 0.632. The Hall–Kier alpha value is -2.09. The molecule has 182 valence electrons. The molecule has 1 aromatic carbocycles. The highest BCUT2D eigenvalue weighted by Gasteiger charge is 2.33. The minimum Gasteiger partial charge on any atom is -0.461 e. The Balaban J connectivity index is 2.18. The number of rotatable bonds is 11. The number of carbonyl (C=O) groups is 1. The molecule has 1 aromatic rings. The zero-order valence-electron chi connectivity index (χ0n) is 17.5. The van der Waals surface area contributed by atoms with Crippen LogP contribution in [0.4, 0.5) is 13.2 Å². The largest absolute Gasteiger partial charge is 0.573 e. The number of esters is 1. The number of halogens is 3. The molecule has 2 atom stereocenters. The van der Waals surface area contributed by atoms with E-state index in [0.717, 1.165) is 31.0 Å².